The molecule has 1 aromatic rings. The minimum Gasteiger partial charge on any atom is -0.337 e. The predicted molar refractivity (Wildman–Crippen MR) is 52.0 cm³/mol. The molecule has 0 aromatic heterocycles. The van der Waals surface area contributed by atoms with Crippen LogP contribution in [0.2, 0.25) is 0 Å². The molecule has 18 heavy (non-hydrogen) atoms. The fourth-order valence-corrected chi connectivity index (χ4v) is 2.62. The summed E-state index contributed by atoms with van der Waals surface area (Å²) in [5.41, 5.74) is -6.03. The van der Waals surface area contributed by atoms with Crippen molar-refractivity contribution >= 4 is 11.8 Å². The molecule has 1 aliphatic rings. The van der Waals surface area contributed by atoms with E-state index in [4.69, 9.17) is 0 Å². The highest BCUT2D eigenvalue weighted by Gasteiger charge is 2.87. The van der Waals surface area contributed by atoms with Gasteiger partial charge in [-0.2, -0.15) is 26.3 Å². The fourth-order valence-electron chi connectivity index (χ4n) is 1.43. The molecule has 0 N–H and O–H groups in total. The maximum absolute atomic E-state index is 12.5. The predicted octanol–water partition coefficient (Wildman–Crippen LogP) is 4.00. The summed E-state index contributed by atoms with van der Waals surface area (Å²) >= 11 is 0.408. The molecule has 0 bridgehead atoms. The number of hydrogen-bond acceptors (Lipinski definition) is 2. The number of hydrogen-bond donors (Lipinski definition) is 0. The summed E-state index contributed by atoms with van der Waals surface area (Å²) in [6, 6.07) is 7.49. The van der Waals surface area contributed by atoms with Gasteiger partial charge in [-0.05, 0) is 12.1 Å². The molecule has 0 amide bonds. The van der Waals surface area contributed by atoms with E-state index in [1.807, 2.05) is 0 Å². The molecule has 0 unspecified atom stereocenters. The van der Waals surface area contributed by atoms with E-state index in [2.05, 4.69) is 4.74 Å². The normalized spacial score (nSPS) is 22.9. The molecule has 1 aromatic carbocycles. The average molecular weight is 288 g/mol. The molecule has 100 valence electrons. The van der Waals surface area contributed by atoms with Crippen molar-refractivity contribution in [3.05, 3.63) is 30.3 Å². The van der Waals surface area contributed by atoms with Gasteiger partial charge in [-0.3, -0.25) is 0 Å². The quantitative estimate of drug-likeness (QED) is 0.602. The smallest absolute Gasteiger partial charge is 0.337 e. The van der Waals surface area contributed by atoms with E-state index in [0.29, 0.717) is 11.8 Å². The molecule has 2 rings (SSSR count). The molecule has 1 atom stereocenters. The molecule has 0 aliphatic carbocycles. The lowest BCUT2D eigenvalue weighted by molar-refractivity contribution is -0.291. The van der Waals surface area contributed by atoms with Crippen molar-refractivity contribution in [1.82, 2.24) is 0 Å². The van der Waals surface area contributed by atoms with E-state index in [0.717, 1.165) is 0 Å². The van der Waals surface area contributed by atoms with Crippen LogP contribution in [0.25, 0.3) is 0 Å². The molecule has 1 heterocycles. The summed E-state index contributed by atoms with van der Waals surface area (Å²) in [5.74, 6) is 0. The first-order valence-electron chi connectivity index (χ1n) is 4.71. The maximum Gasteiger partial charge on any atom is 0.430 e. The third-order valence-corrected chi connectivity index (χ3v) is 3.58. The minimum atomic E-state index is -5.47. The lowest BCUT2D eigenvalue weighted by Crippen LogP contribution is -2.47. The van der Waals surface area contributed by atoms with Crippen LogP contribution in [0.15, 0.2) is 35.2 Å². The van der Waals surface area contributed by atoms with Gasteiger partial charge in [0.2, 0.25) is 0 Å². The summed E-state index contributed by atoms with van der Waals surface area (Å²) in [5, 5.41) is 0. The standard InChI is InChI=1S/C10H6F6OS/c11-9(12,13)8(10(14,15)16)7(17-8)18-6-4-2-1-3-5-6/h1-5,7H/t7-/m1/s1. The molecule has 0 spiro atoms. The molecule has 1 aliphatic heterocycles. The van der Waals surface area contributed by atoms with Gasteiger partial charge in [-0.25, -0.2) is 0 Å². The van der Waals surface area contributed by atoms with E-state index in [9.17, 15) is 26.3 Å². The van der Waals surface area contributed by atoms with E-state index in [1.54, 1.807) is 6.07 Å². The topological polar surface area (TPSA) is 12.5 Å². The van der Waals surface area contributed by atoms with Gasteiger partial charge in [0.25, 0.3) is 5.60 Å². The van der Waals surface area contributed by atoms with Crippen LogP contribution in [-0.4, -0.2) is 23.4 Å². The van der Waals surface area contributed by atoms with Crippen LogP contribution < -0.4 is 0 Å². The summed E-state index contributed by atoms with van der Waals surface area (Å²) in [6.07, 6.45) is -10.9. The zero-order valence-electron chi connectivity index (χ0n) is 8.55. The molecule has 0 radical (unpaired) electrons. The van der Waals surface area contributed by atoms with Crippen molar-refractivity contribution in [2.75, 3.05) is 0 Å². The number of halogens is 6. The highest BCUT2D eigenvalue weighted by Crippen LogP contribution is 2.63. The van der Waals surface area contributed by atoms with Crippen LogP contribution in [0.4, 0.5) is 26.3 Å². The molecule has 0 saturated carbocycles. The zero-order chi connectivity index (χ0) is 13.6. The summed E-state index contributed by atoms with van der Waals surface area (Å²) < 4.78 is 78.9. The van der Waals surface area contributed by atoms with Crippen molar-refractivity contribution in [1.29, 1.82) is 0 Å². The Balaban J connectivity index is 2.19. The van der Waals surface area contributed by atoms with Gasteiger partial charge in [-0.1, -0.05) is 30.0 Å². The van der Waals surface area contributed by atoms with Crippen LogP contribution in [0.3, 0.4) is 0 Å². The number of rotatable bonds is 2. The van der Waals surface area contributed by atoms with Gasteiger partial charge in [0, 0.05) is 4.90 Å². The summed E-state index contributed by atoms with van der Waals surface area (Å²) in [6.45, 7) is 0. The summed E-state index contributed by atoms with van der Waals surface area (Å²) in [7, 11) is 0. The number of thioether (sulfide) groups is 1. The zero-order valence-corrected chi connectivity index (χ0v) is 9.36. The Morgan fingerprint density at radius 1 is 0.944 bits per heavy atom. The Labute approximate surface area is 102 Å². The highest BCUT2D eigenvalue weighted by molar-refractivity contribution is 8.00. The monoisotopic (exact) mass is 288 g/mol. The van der Waals surface area contributed by atoms with Crippen molar-refractivity contribution in [2.24, 2.45) is 0 Å². The number of alkyl halides is 6. The maximum atomic E-state index is 12.5. The van der Waals surface area contributed by atoms with Gasteiger partial charge >= 0.3 is 12.4 Å². The largest absolute Gasteiger partial charge is 0.430 e. The third kappa shape index (κ3) is 2.07. The second kappa shape index (κ2) is 4.06. The van der Waals surface area contributed by atoms with Crippen molar-refractivity contribution < 1.29 is 31.1 Å². The summed E-state index contributed by atoms with van der Waals surface area (Å²) in [4.78, 5) is 0.290. The van der Waals surface area contributed by atoms with Crippen molar-refractivity contribution in [2.45, 2.75) is 28.3 Å². The van der Waals surface area contributed by atoms with Crippen LogP contribution in [0, 0.1) is 0 Å². The first-order chi connectivity index (χ1) is 8.18. The Bertz CT molecular complexity index is 412. The SMILES string of the molecule is FC(F)(F)C1(C(F)(F)F)O[C@@H]1Sc1ccccc1. The van der Waals surface area contributed by atoms with E-state index < -0.39 is 23.4 Å². The average Bonchev–Trinajstić information content (AvgIpc) is 2.93. The third-order valence-electron chi connectivity index (χ3n) is 2.40. The number of epoxide rings is 1. The van der Waals surface area contributed by atoms with Crippen LogP contribution >= 0.6 is 11.8 Å². The van der Waals surface area contributed by atoms with Gasteiger partial charge < -0.3 is 4.74 Å². The van der Waals surface area contributed by atoms with Crippen LogP contribution in [-0.2, 0) is 4.74 Å². The van der Waals surface area contributed by atoms with E-state index in [1.165, 1.54) is 24.3 Å². The Kier molecular flexibility index (Phi) is 3.05. The van der Waals surface area contributed by atoms with Crippen molar-refractivity contribution in [3.63, 3.8) is 0 Å². The highest BCUT2D eigenvalue weighted by atomic mass is 32.2. The van der Waals surface area contributed by atoms with E-state index in [-0.39, 0.29) is 4.90 Å². The Morgan fingerprint density at radius 2 is 1.44 bits per heavy atom. The number of benzene rings is 1. The second-order valence-corrected chi connectivity index (χ2v) is 4.75. The van der Waals surface area contributed by atoms with Crippen LogP contribution in [0.5, 0.6) is 0 Å². The minimum absolute atomic E-state index is 0.290. The molecular formula is C10H6F6OS. The van der Waals surface area contributed by atoms with Gasteiger partial charge in [0.15, 0.2) is 5.44 Å². The first kappa shape index (κ1) is 13.5. The lowest BCUT2D eigenvalue weighted by atomic mass is 10.1. The Morgan fingerprint density at radius 3 is 1.83 bits per heavy atom. The first-order valence-corrected chi connectivity index (χ1v) is 5.59. The molecule has 1 nitrogen and oxygen atoms in total. The molecule has 8 heteroatoms. The molecular weight excluding hydrogens is 282 g/mol. The number of ether oxygens (including phenoxy) is 1. The Hall–Kier alpha value is -0.890. The molecule has 1 fully saturated rings. The van der Waals surface area contributed by atoms with Gasteiger partial charge in [0.1, 0.15) is 0 Å². The lowest BCUT2D eigenvalue weighted by Gasteiger charge is -2.19. The van der Waals surface area contributed by atoms with Crippen LogP contribution in [0.1, 0.15) is 0 Å². The van der Waals surface area contributed by atoms with E-state index >= 15 is 0 Å². The second-order valence-electron chi connectivity index (χ2n) is 3.61. The van der Waals surface area contributed by atoms with Gasteiger partial charge in [-0.15, -0.1) is 0 Å². The van der Waals surface area contributed by atoms with Gasteiger partial charge in [0.05, 0.1) is 0 Å². The fraction of sp³-hybridized carbons (Fsp3) is 0.400. The van der Waals surface area contributed by atoms with Crippen molar-refractivity contribution in [3.8, 4) is 0 Å². The molecule has 1 saturated heterocycles.